The summed E-state index contributed by atoms with van der Waals surface area (Å²) in [5.74, 6) is 2.18. The van der Waals surface area contributed by atoms with Crippen molar-refractivity contribution in [3.8, 4) is 0 Å². The molecule has 1 N–H and O–H groups in total. The van der Waals surface area contributed by atoms with Gasteiger partial charge in [-0.2, -0.15) is 4.98 Å². The maximum absolute atomic E-state index is 10.9. The zero-order valence-corrected chi connectivity index (χ0v) is 13.8. The summed E-state index contributed by atoms with van der Waals surface area (Å²) in [6.45, 7) is 4.17. The van der Waals surface area contributed by atoms with Crippen LogP contribution in [0, 0.1) is 0 Å². The van der Waals surface area contributed by atoms with Crippen molar-refractivity contribution in [2.24, 2.45) is 7.05 Å². The molecule has 0 amide bonds. The summed E-state index contributed by atoms with van der Waals surface area (Å²) in [5.41, 5.74) is -0.786. The summed E-state index contributed by atoms with van der Waals surface area (Å²) < 4.78 is 7.16. The van der Waals surface area contributed by atoms with Crippen LogP contribution in [0.3, 0.4) is 0 Å². The molecule has 2 aromatic heterocycles. The lowest BCUT2D eigenvalue weighted by Crippen LogP contribution is -2.49. The molecule has 8 heteroatoms. The molecule has 0 aromatic carbocycles. The van der Waals surface area contributed by atoms with Crippen LogP contribution >= 0.6 is 0 Å². The Balaban J connectivity index is 1.61. The number of hydrogen-bond acceptors (Lipinski definition) is 7. The molecule has 23 heavy (non-hydrogen) atoms. The first-order valence-electron chi connectivity index (χ1n) is 8.17. The van der Waals surface area contributed by atoms with Crippen molar-refractivity contribution in [2.45, 2.75) is 51.2 Å². The van der Waals surface area contributed by atoms with Crippen molar-refractivity contribution in [3.05, 3.63) is 23.9 Å². The van der Waals surface area contributed by atoms with Crippen LogP contribution in [0.2, 0.25) is 0 Å². The van der Waals surface area contributed by atoms with Gasteiger partial charge in [-0.15, -0.1) is 10.2 Å². The van der Waals surface area contributed by atoms with E-state index in [2.05, 4.69) is 32.2 Å². The molecule has 0 radical (unpaired) electrons. The molecule has 126 valence electrons. The van der Waals surface area contributed by atoms with E-state index in [1.807, 2.05) is 11.6 Å². The molecule has 2 aromatic rings. The minimum Gasteiger partial charge on any atom is -0.388 e. The molecule has 1 aliphatic heterocycles. The summed E-state index contributed by atoms with van der Waals surface area (Å²) in [5, 5.41) is 22.9. The highest BCUT2D eigenvalue weighted by Crippen LogP contribution is 2.25. The van der Waals surface area contributed by atoms with E-state index in [0.717, 1.165) is 43.9 Å². The predicted octanol–water partition coefficient (Wildman–Crippen LogP) is 0.720. The van der Waals surface area contributed by atoms with Crippen molar-refractivity contribution in [2.75, 3.05) is 13.1 Å². The maximum atomic E-state index is 10.9. The Bertz CT molecular complexity index is 639. The van der Waals surface area contributed by atoms with Crippen molar-refractivity contribution in [1.29, 1.82) is 0 Å². The SMILES string of the molecule is CCCc1noc(CN2CCCC(O)(Cc3nncn3C)C2)n1. The average Bonchev–Trinajstić information content (AvgIpc) is 3.09. The van der Waals surface area contributed by atoms with Gasteiger partial charge in [-0.1, -0.05) is 12.1 Å². The first-order chi connectivity index (χ1) is 11.1. The summed E-state index contributed by atoms with van der Waals surface area (Å²) in [6.07, 6.45) is 5.70. The van der Waals surface area contributed by atoms with E-state index in [1.54, 1.807) is 6.33 Å². The van der Waals surface area contributed by atoms with E-state index in [-0.39, 0.29) is 0 Å². The quantitative estimate of drug-likeness (QED) is 0.838. The average molecular weight is 320 g/mol. The zero-order valence-electron chi connectivity index (χ0n) is 13.8. The van der Waals surface area contributed by atoms with Crippen LogP contribution in [0.15, 0.2) is 10.9 Å². The van der Waals surface area contributed by atoms with Crippen LogP contribution in [0.5, 0.6) is 0 Å². The number of β-amino-alcohol motifs (C(OH)–C–C–N with tert-alkyl or cyclic N) is 1. The highest BCUT2D eigenvalue weighted by atomic mass is 16.5. The van der Waals surface area contributed by atoms with Gasteiger partial charge in [0.05, 0.1) is 12.1 Å². The molecule has 1 aliphatic rings. The molecular formula is C15H24N6O2. The Morgan fingerprint density at radius 3 is 3.04 bits per heavy atom. The van der Waals surface area contributed by atoms with Crippen molar-refractivity contribution >= 4 is 0 Å². The number of aromatic nitrogens is 5. The second-order valence-electron chi connectivity index (χ2n) is 6.43. The molecule has 3 heterocycles. The van der Waals surface area contributed by atoms with Crippen LogP contribution in [-0.4, -0.2) is 53.6 Å². The highest BCUT2D eigenvalue weighted by molar-refractivity contribution is 4.98. The lowest BCUT2D eigenvalue weighted by Gasteiger charge is -2.38. The van der Waals surface area contributed by atoms with E-state index in [9.17, 15) is 5.11 Å². The molecule has 0 saturated carbocycles. The standard InChI is InChI=1S/C15H24N6O2/c1-3-5-12-17-14(23-19-12)9-21-7-4-6-15(22,10-21)8-13-18-16-11-20(13)2/h11,22H,3-10H2,1-2H3. The van der Waals surface area contributed by atoms with Gasteiger partial charge in [0.15, 0.2) is 5.82 Å². The van der Waals surface area contributed by atoms with Gasteiger partial charge in [-0.3, -0.25) is 4.90 Å². The zero-order chi connectivity index (χ0) is 16.3. The Hall–Kier alpha value is -1.80. The molecule has 1 saturated heterocycles. The lowest BCUT2D eigenvalue weighted by molar-refractivity contribution is -0.0367. The minimum absolute atomic E-state index is 0.505. The van der Waals surface area contributed by atoms with Gasteiger partial charge in [-0.25, -0.2) is 0 Å². The molecular weight excluding hydrogens is 296 g/mol. The molecule has 0 spiro atoms. The van der Waals surface area contributed by atoms with E-state index in [0.29, 0.717) is 25.4 Å². The van der Waals surface area contributed by atoms with Gasteiger partial charge in [-0.05, 0) is 25.8 Å². The topological polar surface area (TPSA) is 93.1 Å². The smallest absolute Gasteiger partial charge is 0.240 e. The number of aliphatic hydroxyl groups is 1. The third-order valence-electron chi connectivity index (χ3n) is 4.27. The molecule has 0 aliphatic carbocycles. The molecule has 3 rings (SSSR count). The molecule has 1 atom stereocenters. The molecule has 8 nitrogen and oxygen atoms in total. The summed E-state index contributed by atoms with van der Waals surface area (Å²) >= 11 is 0. The fourth-order valence-corrected chi connectivity index (χ4v) is 3.12. The van der Waals surface area contributed by atoms with Gasteiger partial charge in [0.25, 0.3) is 0 Å². The number of piperidine rings is 1. The number of likely N-dealkylation sites (tertiary alicyclic amines) is 1. The second kappa shape index (κ2) is 6.76. The van der Waals surface area contributed by atoms with Gasteiger partial charge in [0.1, 0.15) is 12.2 Å². The van der Waals surface area contributed by atoms with Crippen LogP contribution in [-0.2, 0) is 26.4 Å². The predicted molar refractivity (Wildman–Crippen MR) is 82.5 cm³/mol. The number of nitrogens with zero attached hydrogens (tertiary/aromatic N) is 6. The van der Waals surface area contributed by atoms with Crippen LogP contribution in [0.25, 0.3) is 0 Å². The number of aryl methyl sites for hydroxylation is 2. The Labute approximate surface area is 135 Å². The number of hydrogen-bond donors (Lipinski definition) is 1. The molecule has 1 unspecified atom stereocenters. The molecule has 0 bridgehead atoms. The van der Waals surface area contributed by atoms with Gasteiger partial charge in [0.2, 0.25) is 5.89 Å². The minimum atomic E-state index is -0.786. The van der Waals surface area contributed by atoms with Gasteiger partial charge < -0.3 is 14.2 Å². The van der Waals surface area contributed by atoms with E-state index >= 15 is 0 Å². The summed E-state index contributed by atoms with van der Waals surface area (Å²) in [6, 6.07) is 0. The Morgan fingerprint density at radius 2 is 2.30 bits per heavy atom. The lowest BCUT2D eigenvalue weighted by atomic mass is 9.89. The first-order valence-corrected chi connectivity index (χ1v) is 8.17. The fourth-order valence-electron chi connectivity index (χ4n) is 3.12. The Morgan fingerprint density at radius 1 is 1.43 bits per heavy atom. The largest absolute Gasteiger partial charge is 0.388 e. The van der Waals surface area contributed by atoms with Crippen molar-refractivity contribution < 1.29 is 9.63 Å². The Kier molecular flexibility index (Phi) is 4.72. The van der Waals surface area contributed by atoms with Crippen LogP contribution in [0.4, 0.5) is 0 Å². The van der Waals surface area contributed by atoms with Crippen LogP contribution < -0.4 is 0 Å². The van der Waals surface area contributed by atoms with Gasteiger partial charge >= 0.3 is 0 Å². The monoisotopic (exact) mass is 320 g/mol. The van der Waals surface area contributed by atoms with Crippen molar-refractivity contribution in [3.63, 3.8) is 0 Å². The fraction of sp³-hybridized carbons (Fsp3) is 0.733. The summed E-state index contributed by atoms with van der Waals surface area (Å²) in [4.78, 5) is 6.57. The first kappa shape index (κ1) is 16.1. The normalized spacial score (nSPS) is 22.6. The third kappa shape index (κ3) is 3.94. The second-order valence-corrected chi connectivity index (χ2v) is 6.43. The van der Waals surface area contributed by atoms with Crippen molar-refractivity contribution in [1.82, 2.24) is 29.8 Å². The third-order valence-corrected chi connectivity index (χ3v) is 4.27. The van der Waals surface area contributed by atoms with E-state index in [4.69, 9.17) is 4.52 Å². The van der Waals surface area contributed by atoms with Crippen LogP contribution in [0.1, 0.15) is 43.7 Å². The van der Waals surface area contributed by atoms with E-state index < -0.39 is 5.60 Å². The highest BCUT2D eigenvalue weighted by Gasteiger charge is 2.35. The summed E-state index contributed by atoms with van der Waals surface area (Å²) in [7, 11) is 1.90. The maximum Gasteiger partial charge on any atom is 0.240 e. The molecule has 1 fully saturated rings. The van der Waals surface area contributed by atoms with E-state index in [1.165, 1.54) is 0 Å². The van der Waals surface area contributed by atoms with Gasteiger partial charge in [0, 0.05) is 26.4 Å². The number of rotatable bonds is 6.